The fraction of sp³-hybridized carbons (Fsp3) is 0.750. The fourth-order valence-corrected chi connectivity index (χ4v) is 1.84. The average Bonchev–Trinajstić information content (AvgIpc) is 2.23. The van der Waals surface area contributed by atoms with E-state index in [4.69, 9.17) is 5.73 Å². The van der Waals surface area contributed by atoms with E-state index < -0.39 is 0 Å². The Labute approximate surface area is 107 Å². The van der Waals surface area contributed by atoms with E-state index in [0.717, 1.165) is 30.2 Å². The highest BCUT2D eigenvalue weighted by atomic mass is 79.9. The summed E-state index contributed by atoms with van der Waals surface area (Å²) in [7, 11) is 0. The van der Waals surface area contributed by atoms with Gasteiger partial charge in [-0.1, -0.05) is 42.3 Å². The number of rotatable bonds is 9. The Balaban J connectivity index is 3.72. The molecular formula is C12H23BrN2O. The van der Waals surface area contributed by atoms with Gasteiger partial charge in [0, 0.05) is 17.4 Å². The first-order valence-electron chi connectivity index (χ1n) is 5.90. The highest BCUT2D eigenvalue weighted by Gasteiger charge is 2.09. The summed E-state index contributed by atoms with van der Waals surface area (Å²) in [5, 5.41) is 2.81. The van der Waals surface area contributed by atoms with Crippen LogP contribution in [0.4, 0.5) is 0 Å². The topological polar surface area (TPSA) is 55.1 Å². The van der Waals surface area contributed by atoms with Crippen LogP contribution in [-0.4, -0.2) is 19.0 Å². The number of nitrogens with two attached hydrogens (primary N) is 1. The molecule has 1 atom stereocenters. The van der Waals surface area contributed by atoms with Crippen LogP contribution in [-0.2, 0) is 4.79 Å². The summed E-state index contributed by atoms with van der Waals surface area (Å²) in [5.41, 5.74) is 5.55. The lowest BCUT2D eigenvalue weighted by molar-refractivity contribution is -0.121. The Hall–Kier alpha value is -0.350. The van der Waals surface area contributed by atoms with Crippen LogP contribution < -0.4 is 11.1 Å². The second-order valence-corrected chi connectivity index (χ2v) is 5.19. The molecule has 0 rings (SSSR count). The molecule has 0 aromatic rings. The SMILES string of the molecule is C=C(Br)CNC(=O)CCC(CCC)CCN. The van der Waals surface area contributed by atoms with Crippen molar-refractivity contribution in [2.75, 3.05) is 13.1 Å². The molecule has 94 valence electrons. The predicted molar refractivity (Wildman–Crippen MR) is 72.4 cm³/mol. The maximum absolute atomic E-state index is 11.5. The molecule has 4 heteroatoms. The van der Waals surface area contributed by atoms with Crippen LogP contribution in [0.2, 0.25) is 0 Å². The van der Waals surface area contributed by atoms with Crippen LogP contribution in [0.1, 0.15) is 39.0 Å². The Bertz CT molecular complexity index is 213. The van der Waals surface area contributed by atoms with Crippen molar-refractivity contribution < 1.29 is 4.79 Å². The zero-order chi connectivity index (χ0) is 12.4. The molecule has 0 aliphatic rings. The molecule has 3 N–H and O–H groups in total. The van der Waals surface area contributed by atoms with Crippen LogP contribution in [0.3, 0.4) is 0 Å². The number of carbonyl (C=O) groups is 1. The Kier molecular flexibility index (Phi) is 9.63. The molecule has 0 radical (unpaired) electrons. The van der Waals surface area contributed by atoms with E-state index in [0.29, 0.717) is 25.4 Å². The van der Waals surface area contributed by atoms with E-state index in [2.05, 4.69) is 34.7 Å². The van der Waals surface area contributed by atoms with Crippen LogP contribution in [0.25, 0.3) is 0 Å². The van der Waals surface area contributed by atoms with Gasteiger partial charge in [-0.2, -0.15) is 0 Å². The lowest BCUT2D eigenvalue weighted by atomic mass is 9.94. The van der Waals surface area contributed by atoms with Gasteiger partial charge in [-0.05, 0) is 25.3 Å². The van der Waals surface area contributed by atoms with Gasteiger partial charge in [0.1, 0.15) is 0 Å². The van der Waals surface area contributed by atoms with Crippen LogP contribution in [0.15, 0.2) is 11.1 Å². The van der Waals surface area contributed by atoms with Gasteiger partial charge in [-0.25, -0.2) is 0 Å². The van der Waals surface area contributed by atoms with E-state index in [9.17, 15) is 4.79 Å². The zero-order valence-corrected chi connectivity index (χ0v) is 11.7. The summed E-state index contributed by atoms with van der Waals surface area (Å²) < 4.78 is 0.799. The molecule has 0 aromatic heterocycles. The number of hydrogen-bond acceptors (Lipinski definition) is 2. The van der Waals surface area contributed by atoms with Crippen LogP contribution in [0.5, 0.6) is 0 Å². The summed E-state index contributed by atoms with van der Waals surface area (Å²) >= 11 is 3.21. The van der Waals surface area contributed by atoms with Gasteiger partial charge < -0.3 is 11.1 Å². The Morgan fingerprint density at radius 3 is 2.62 bits per heavy atom. The molecular weight excluding hydrogens is 268 g/mol. The third kappa shape index (κ3) is 8.92. The maximum atomic E-state index is 11.5. The van der Waals surface area contributed by atoms with Crippen molar-refractivity contribution in [3.8, 4) is 0 Å². The molecule has 16 heavy (non-hydrogen) atoms. The number of carbonyl (C=O) groups excluding carboxylic acids is 1. The van der Waals surface area contributed by atoms with Gasteiger partial charge in [0.15, 0.2) is 0 Å². The quantitative estimate of drug-likeness (QED) is 0.686. The first-order chi connectivity index (χ1) is 7.60. The Morgan fingerprint density at radius 2 is 2.12 bits per heavy atom. The second kappa shape index (κ2) is 9.85. The van der Waals surface area contributed by atoms with E-state index >= 15 is 0 Å². The molecule has 0 saturated heterocycles. The highest BCUT2D eigenvalue weighted by molar-refractivity contribution is 9.11. The Morgan fingerprint density at radius 1 is 1.44 bits per heavy atom. The molecule has 0 spiro atoms. The van der Waals surface area contributed by atoms with E-state index in [-0.39, 0.29) is 5.91 Å². The third-order valence-corrected chi connectivity index (χ3v) is 2.81. The summed E-state index contributed by atoms with van der Waals surface area (Å²) in [4.78, 5) is 11.5. The second-order valence-electron chi connectivity index (χ2n) is 4.06. The first kappa shape index (κ1) is 15.7. The molecule has 1 unspecified atom stereocenters. The minimum absolute atomic E-state index is 0.0960. The number of nitrogens with one attached hydrogen (secondary N) is 1. The summed E-state index contributed by atoms with van der Waals surface area (Å²) in [5.74, 6) is 0.687. The summed E-state index contributed by atoms with van der Waals surface area (Å²) in [6, 6.07) is 0. The lowest BCUT2D eigenvalue weighted by Crippen LogP contribution is -2.25. The zero-order valence-electron chi connectivity index (χ0n) is 10.1. The fourth-order valence-electron chi connectivity index (χ4n) is 1.70. The van der Waals surface area contributed by atoms with Crippen molar-refractivity contribution in [1.29, 1.82) is 0 Å². The van der Waals surface area contributed by atoms with Gasteiger partial charge >= 0.3 is 0 Å². The van der Waals surface area contributed by atoms with Crippen molar-refractivity contribution in [3.05, 3.63) is 11.1 Å². The highest BCUT2D eigenvalue weighted by Crippen LogP contribution is 2.16. The molecule has 0 aromatic carbocycles. The minimum Gasteiger partial charge on any atom is -0.352 e. The van der Waals surface area contributed by atoms with E-state index in [1.54, 1.807) is 0 Å². The normalized spacial score (nSPS) is 12.2. The standard InChI is InChI=1S/C12H23BrN2O/c1-3-4-11(7-8-14)5-6-12(16)15-9-10(2)13/h11H,2-9,14H2,1H3,(H,15,16). The maximum Gasteiger partial charge on any atom is 0.220 e. The monoisotopic (exact) mass is 290 g/mol. The van der Waals surface area contributed by atoms with Gasteiger partial charge in [0.05, 0.1) is 0 Å². The van der Waals surface area contributed by atoms with Crippen molar-refractivity contribution in [2.24, 2.45) is 11.7 Å². The molecule has 0 aliphatic heterocycles. The minimum atomic E-state index is 0.0960. The van der Waals surface area contributed by atoms with Crippen LogP contribution >= 0.6 is 15.9 Å². The molecule has 0 fully saturated rings. The van der Waals surface area contributed by atoms with Crippen LogP contribution in [0, 0.1) is 5.92 Å². The van der Waals surface area contributed by atoms with E-state index in [1.165, 1.54) is 0 Å². The molecule has 1 amide bonds. The third-order valence-electron chi connectivity index (χ3n) is 2.53. The largest absolute Gasteiger partial charge is 0.352 e. The predicted octanol–water partition coefficient (Wildman–Crippen LogP) is 2.56. The first-order valence-corrected chi connectivity index (χ1v) is 6.69. The van der Waals surface area contributed by atoms with Crippen molar-refractivity contribution in [3.63, 3.8) is 0 Å². The molecule has 0 heterocycles. The number of amides is 1. The van der Waals surface area contributed by atoms with Gasteiger partial charge in [-0.15, -0.1) is 0 Å². The molecule has 0 aliphatic carbocycles. The van der Waals surface area contributed by atoms with Gasteiger partial charge in [0.25, 0.3) is 0 Å². The smallest absolute Gasteiger partial charge is 0.220 e. The lowest BCUT2D eigenvalue weighted by Gasteiger charge is -2.14. The van der Waals surface area contributed by atoms with E-state index in [1.807, 2.05) is 0 Å². The number of halogens is 1. The molecule has 0 bridgehead atoms. The molecule has 3 nitrogen and oxygen atoms in total. The van der Waals surface area contributed by atoms with Crippen molar-refractivity contribution >= 4 is 21.8 Å². The van der Waals surface area contributed by atoms with Gasteiger partial charge in [0.2, 0.25) is 5.91 Å². The van der Waals surface area contributed by atoms with Gasteiger partial charge in [-0.3, -0.25) is 4.79 Å². The summed E-state index contributed by atoms with van der Waals surface area (Å²) in [6.07, 6.45) is 4.86. The van der Waals surface area contributed by atoms with Crippen molar-refractivity contribution in [1.82, 2.24) is 5.32 Å². The molecule has 0 saturated carbocycles. The summed E-state index contributed by atoms with van der Waals surface area (Å²) in [6.45, 7) is 7.05. The average molecular weight is 291 g/mol. The number of hydrogen-bond donors (Lipinski definition) is 2. The van der Waals surface area contributed by atoms with Crippen molar-refractivity contribution in [2.45, 2.75) is 39.0 Å².